The molecule has 0 amide bonds. The van der Waals surface area contributed by atoms with E-state index in [1.54, 1.807) is 0 Å². The van der Waals surface area contributed by atoms with Crippen LogP contribution in [0.25, 0.3) is 0 Å². The van der Waals surface area contributed by atoms with Crippen LogP contribution in [0.2, 0.25) is 0 Å². The van der Waals surface area contributed by atoms with Crippen LogP contribution in [0.1, 0.15) is 17.9 Å². The molecule has 2 aromatic rings. The predicted octanol–water partition coefficient (Wildman–Crippen LogP) is 3.29. The van der Waals surface area contributed by atoms with Crippen molar-refractivity contribution >= 4 is 15.5 Å². The van der Waals surface area contributed by atoms with Crippen molar-refractivity contribution in [2.24, 2.45) is 5.73 Å². The van der Waals surface area contributed by atoms with E-state index in [0.29, 0.717) is 16.9 Å². The maximum atomic E-state index is 13.4. The average molecular weight is 399 g/mol. The zero-order valence-corrected chi connectivity index (χ0v) is 15.4. The Morgan fingerprint density at radius 3 is 2.18 bits per heavy atom. The van der Waals surface area contributed by atoms with E-state index in [4.69, 9.17) is 5.73 Å². The van der Waals surface area contributed by atoms with Gasteiger partial charge in [-0.05, 0) is 42.0 Å². The highest BCUT2D eigenvalue weighted by Gasteiger charge is 2.45. The molecule has 1 unspecified atom stereocenters. The second-order valence-corrected chi connectivity index (χ2v) is 8.66. The van der Waals surface area contributed by atoms with Gasteiger partial charge < -0.3 is 5.73 Å². The molecule has 2 N–H and O–H groups in total. The van der Waals surface area contributed by atoms with Crippen LogP contribution >= 0.6 is 0 Å². The van der Waals surface area contributed by atoms with E-state index in [1.807, 2.05) is 6.07 Å². The fourth-order valence-electron chi connectivity index (χ4n) is 3.74. The molecule has 2 aliphatic heterocycles. The highest BCUT2D eigenvalue weighted by atomic mass is 32.2. The van der Waals surface area contributed by atoms with Gasteiger partial charge in [0.2, 0.25) is 0 Å². The van der Waals surface area contributed by atoms with Gasteiger partial charge in [-0.3, -0.25) is 4.90 Å². The summed E-state index contributed by atoms with van der Waals surface area (Å²) in [5.41, 5.74) is 7.74. The lowest BCUT2D eigenvalue weighted by molar-refractivity contribution is 0.602. The molecule has 2 aliphatic rings. The molecule has 0 aliphatic carbocycles. The normalized spacial score (nSPS) is 20.9. The fourth-order valence-corrected chi connectivity index (χ4v) is 5.58. The lowest BCUT2D eigenvalue weighted by Gasteiger charge is -2.35. The van der Waals surface area contributed by atoms with Crippen molar-refractivity contribution in [1.82, 2.24) is 0 Å². The van der Waals surface area contributed by atoms with Gasteiger partial charge in [0.15, 0.2) is 9.84 Å². The summed E-state index contributed by atoms with van der Waals surface area (Å²) < 4.78 is 52.4. The Hall–Kier alpha value is -3.18. The van der Waals surface area contributed by atoms with Crippen LogP contribution in [0.3, 0.4) is 0 Å². The second kappa shape index (κ2) is 6.46. The smallest absolute Gasteiger partial charge is 0.177 e. The monoisotopic (exact) mass is 399 g/mol. The maximum Gasteiger partial charge on any atom is 0.177 e. The van der Waals surface area contributed by atoms with Crippen molar-refractivity contribution < 1.29 is 17.2 Å². The molecule has 4 rings (SSSR count). The Bertz CT molecular complexity index is 1160. The van der Waals surface area contributed by atoms with Gasteiger partial charge in [-0.2, -0.15) is 5.26 Å². The summed E-state index contributed by atoms with van der Waals surface area (Å²) in [5, 5.41) is 9.78. The predicted molar refractivity (Wildman–Crippen MR) is 100 cm³/mol. The number of sulfone groups is 1. The first-order valence-corrected chi connectivity index (χ1v) is 10.2. The first-order chi connectivity index (χ1) is 13.3. The van der Waals surface area contributed by atoms with E-state index < -0.39 is 27.4 Å². The number of rotatable bonds is 2. The second-order valence-electron chi connectivity index (χ2n) is 6.59. The summed E-state index contributed by atoms with van der Waals surface area (Å²) in [7, 11) is -3.64. The zero-order valence-electron chi connectivity index (χ0n) is 14.6. The molecule has 0 spiro atoms. The van der Waals surface area contributed by atoms with Gasteiger partial charge in [-0.1, -0.05) is 12.1 Å². The van der Waals surface area contributed by atoms with Crippen molar-refractivity contribution in [3.63, 3.8) is 0 Å². The molecule has 0 saturated heterocycles. The van der Waals surface area contributed by atoms with Crippen LogP contribution in [0.5, 0.6) is 0 Å². The topological polar surface area (TPSA) is 87.2 Å². The Morgan fingerprint density at radius 2 is 1.61 bits per heavy atom. The highest BCUT2D eigenvalue weighted by Crippen LogP contribution is 2.48. The molecule has 1 atom stereocenters. The lowest BCUT2D eigenvalue weighted by atomic mass is 9.87. The number of hydrogen-bond acceptors (Lipinski definition) is 5. The Balaban J connectivity index is 1.98. The molecule has 0 fully saturated rings. The summed E-state index contributed by atoms with van der Waals surface area (Å²) in [5.74, 6) is -1.84. The number of nitrogens with two attached hydrogens (primary N) is 1. The van der Waals surface area contributed by atoms with E-state index >= 15 is 0 Å². The molecule has 2 heterocycles. The van der Waals surface area contributed by atoms with Gasteiger partial charge in [-0.25, -0.2) is 17.2 Å². The van der Waals surface area contributed by atoms with E-state index in [9.17, 15) is 22.5 Å². The Morgan fingerprint density at radius 1 is 1.04 bits per heavy atom. The van der Waals surface area contributed by atoms with Crippen molar-refractivity contribution in [3.8, 4) is 6.07 Å². The van der Waals surface area contributed by atoms with Gasteiger partial charge >= 0.3 is 0 Å². The minimum Gasteiger partial charge on any atom is -0.384 e. The molecule has 0 saturated carbocycles. The van der Waals surface area contributed by atoms with Crippen molar-refractivity contribution in [2.75, 3.05) is 10.7 Å². The molecular weight excluding hydrogens is 384 g/mol. The van der Waals surface area contributed by atoms with Crippen molar-refractivity contribution in [3.05, 3.63) is 87.7 Å². The zero-order chi connectivity index (χ0) is 20.1. The van der Waals surface area contributed by atoms with E-state index in [1.165, 1.54) is 53.4 Å². The molecule has 2 aromatic carbocycles. The van der Waals surface area contributed by atoms with Gasteiger partial charge in [0, 0.05) is 17.8 Å². The third-order valence-corrected chi connectivity index (χ3v) is 6.86. The number of halogens is 2. The van der Waals surface area contributed by atoms with Crippen LogP contribution in [-0.2, 0) is 9.84 Å². The molecule has 28 heavy (non-hydrogen) atoms. The van der Waals surface area contributed by atoms with Crippen LogP contribution < -0.4 is 10.6 Å². The molecule has 0 radical (unpaired) electrons. The van der Waals surface area contributed by atoms with Crippen LogP contribution in [0, 0.1) is 23.0 Å². The van der Waals surface area contributed by atoms with Gasteiger partial charge in [0.1, 0.15) is 17.5 Å². The number of hydrogen-bond donors (Lipinski definition) is 1. The largest absolute Gasteiger partial charge is 0.384 e. The average Bonchev–Trinajstić information content (AvgIpc) is 2.98. The standard InChI is InChI=1S/C20H15F2N3O2S/c21-13-3-1-12(2-4-13)18-16(11-23)20(24)25(15-7-5-14(22)6-8-15)17-9-10-28(26,27)19(17)18/h1-8,18H,9-10,24H2. The van der Waals surface area contributed by atoms with Crippen molar-refractivity contribution in [2.45, 2.75) is 12.3 Å². The number of benzene rings is 2. The first-order valence-electron chi connectivity index (χ1n) is 8.50. The summed E-state index contributed by atoms with van der Waals surface area (Å²) in [6.45, 7) is 0. The number of anilines is 1. The number of allylic oxidation sites excluding steroid dienone is 3. The molecule has 0 bridgehead atoms. The number of nitrogens with zero attached hydrogens (tertiary/aromatic N) is 2. The lowest BCUT2D eigenvalue weighted by Crippen LogP contribution is -2.34. The van der Waals surface area contributed by atoms with E-state index in [2.05, 4.69) is 0 Å². The van der Waals surface area contributed by atoms with Gasteiger partial charge in [0.25, 0.3) is 0 Å². The van der Waals surface area contributed by atoms with E-state index in [0.717, 1.165) is 0 Å². The van der Waals surface area contributed by atoms with Crippen LogP contribution in [-0.4, -0.2) is 14.2 Å². The third kappa shape index (κ3) is 2.75. The summed E-state index contributed by atoms with van der Waals surface area (Å²) in [6, 6.07) is 12.8. The summed E-state index contributed by atoms with van der Waals surface area (Å²) in [6.07, 6.45) is 0.214. The third-order valence-electron chi connectivity index (χ3n) is 4.97. The maximum absolute atomic E-state index is 13.4. The first kappa shape index (κ1) is 18.2. The Labute approximate surface area is 160 Å². The summed E-state index contributed by atoms with van der Waals surface area (Å²) >= 11 is 0. The van der Waals surface area contributed by atoms with Crippen LogP contribution in [0.4, 0.5) is 14.5 Å². The minimum atomic E-state index is -3.64. The van der Waals surface area contributed by atoms with Gasteiger partial charge in [-0.15, -0.1) is 0 Å². The fraction of sp³-hybridized carbons (Fsp3) is 0.150. The quantitative estimate of drug-likeness (QED) is 0.837. The molecule has 0 aromatic heterocycles. The minimum absolute atomic E-state index is 0.0557. The van der Waals surface area contributed by atoms with Crippen LogP contribution in [0.15, 0.2) is 70.5 Å². The van der Waals surface area contributed by atoms with E-state index in [-0.39, 0.29) is 28.5 Å². The molecule has 8 heteroatoms. The summed E-state index contributed by atoms with van der Waals surface area (Å²) in [4.78, 5) is 1.59. The number of nitriles is 1. The SMILES string of the molecule is N#CC1=C(N)N(c2ccc(F)cc2)C2=C(C1c1ccc(F)cc1)S(=O)(=O)CC2. The molecule has 5 nitrogen and oxygen atoms in total. The highest BCUT2D eigenvalue weighted by molar-refractivity contribution is 7.95. The van der Waals surface area contributed by atoms with Gasteiger partial charge in [0.05, 0.1) is 28.2 Å². The van der Waals surface area contributed by atoms with Crippen molar-refractivity contribution in [1.29, 1.82) is 5.26 Å². The Kier molecular flexibility index (Phi) is 4.20. The molecule has 142 valence electrons. The molecular formula is C20H15F2N3O2S.